The summed E-state index contributed by atoms with van der Waals surface area (Å²) in [6, 6.07) is 9.35. The van der Waals surface area contributed by atoms with Crippen LogP contribution in [0, 0.1) is 0 Å². The molecule has 5 rings (SSSR count). The van der Waals surface area contributed by atoms with Gasteiger partial charge in [0.15, 0.2) is 23.5 Å². The Balaban J connectivity index is 1.34. The number of carbonyl (C=O) groups excluding carboxylic acids is 1. The number of halogens is 1. The van der Waals surface area contributed by atoms with Gasteiger partial charge in [0.2, 0.25) is 6.79 Å². The first-order valence-corrected chi connectivity index (χ1v) is 13.4. The summed E-state index contributed by atoms with van der Waals surface area (Å²) in [5, 5.41) is 22.7. The number of hydrogen-bond donors (Lipinski definition) is 3. The molecular weight excluding hydrogens is 562 g/mol. The van der Waals surface area contributed by atoms with Gasteiger partial charge in [0.05, 0.1) is 19.8 Å². The molecule has 0 amide bonds. The largest absolute Gasteiger partial charge is 0.510 e. The van der Waals surface area contributed by atoms with Gasteiger partial charge in [-0.2, -0.15) is 0 Å². The normalized spacial score (nSPS) is 32.5. The number of aromatic nitrogens is 2. The standard InChI is InChI=1S/C23H26FN2O13P/c1-21(30)18(26-8-7-16(27)25-19(26)28)38-22(12-24)17(23(21,22)31)39-40(32,35-9-14-5-3-2-4-6-14)36-13-34-20(29)37-15-10-33-11-15/h2-8,15,17-18,30-31H,9-13H2,1H3,(H,25,27,28)/t17?,18-,21+,22-,23+,40?/m1/s1. The molecule has 0 radical (unpaired) electrons. The van der Waals surface area contributed by atoms with Crippen LogP contribution < -0.4 is 11.2 Å². The highest BCUT2D eigenvalue weighted by Crippen LogP contribution is 2.72. The molecule has 3 aliphatic rings. The lowest BCUT2D eigenvalue weighted by Gasteiger charge is -2.33. The number of H-pyrrole nitrogens is 1. The number of nitrogens with one attached hydrogen (secondary N) is 1. The molecule has 2 saturated heterocycles. The average Bonchev–Trinajstić information content (AvgIpc) is 3.34. The number of hydrogen-bond acceptors (Lipinski definition) is 13. The van der Waals surface area contributed by atoms with Crippen molar-refractivity contribution in [3.63, 3.8) is 0 Å². The zero-order valence-electron chi connectivity index (χ0n) is 21.0. The Kier molecular flexibility index (Phi) is 7.48. The van der Waals surface area contributed by atoms with Crippen LogP contribution in [0.2, 0.25) is 0 Å². The third-order valence-electron chi connectivity index (χ3n) is 6.97. The molecule has 3 heterocycles. The van der Waals surface area contributed by atoms with Crippen LogP contribution in [-0.2, 0) is 43.7 Å². The summed E-state index contributed by atoms with van der Waals surface area (Å²) in [6.45, 7) is -1.33. The van der Waals surface area contributed by atoms with Crippen molar-refractivity contribution in [1.82, 2.24) is 9.55 Å². The van der Waals surface area contributed by atoms with E-state index >= 15 is 0 Å². The lowest BCUT2D eigenvalue weighted by atomic mass is 9.94. The van der Waals surface area contributed by atoms with Crippen molar-refractivity contribution in [2.45, 2.75) is 48.8 Å². The fourth-order valence-corrected chi connectivity index (χ4v) is 5.92. The molecule has 1 aliphatic carbocycles. The number of phosphoric acid groups is 1. The number of ether oxygens (including phenoxy) is 4. The molecule has 2 unspecified atom stereocenters. The van der Waals surface area contributed by atoms with Gasteiger partial charge in [-0.1, -0.05) is 30.3 Å². The predicted octanol–water partition coefficient (Wildman–Crippen LogP) is 0.506. The van der Waals surface area contributed by atoms with Crippen molar-refractivity contribution >= 4 is 14.0 Å². The first kappa shape index (κ1) is 28.6. The van der Waals surface area contributed by atoms with Gasteiger partial charge < -0.3 is 29.2 Å². The maximum atomic E-state index is 14.5. The Bertz CT molecular complexity index is 1410. The van der Waals surface area contributed by atoms with E-state index in [-0.39, 0.29) is 19.8 Å². The number of nitrogens with zero attached hydrogens (tertiary/aromatic N) is 1. The molecule has 17 heteroatoms. The smallest absolute Gasteiger partial charge is 0.426 e. The minimum absolute atomic E-state index is 0.190. The second-order valence-electron chi connectivity index (χ2n) is 9.53. The van der Waals surface area contributed by atoms with Crippen LogP contribution in [0.3, 0.4) is 0 Å². The van der Waals surface area contributed by atoms with Crippen molar-refractivity contribution in [3.8, 4) is 0 Å². The van der Waals surface area contributed by atoms with Crippen molar-refractivity contribution in [1.29, 1.82) is 0 Å². The van der Waals surface area contributed by atoms with Crippen LogP contribution in [0.5, 0.6) is 0 Å². The first-order chi connectivity index (χ1) is 19.0. The summed E-state index contributed by atoms with van der Waals surface area (Å²) < 4.78 is 64.9. The molecule has 2 aliphatic heterocycles. The highest BCUT2D eigenvalue weighted by Gasteiger charge is 2.93. The second kappa shape index (κ2) is 10.5. The summed E-state index contributed by atoms with van der Waals surface area (Å²) in [4.78, 5) is 37.5. The van der Waals surface area contributed by atoms with Gasteiger partial charge in [0.25, 0.3) is 5.56 Å². The van der Waals surface area contributed by atoms with Crippen LogP contribution >= 0.6 is 7.82 Å². The van der Waals surface area contributed by atoms with E-state index < -0.39 is 73.9 Å². The highest BCUT2D eigenvalue weighted by atomic mass is 31.2. The van der Waals surface area contributed by atoms with Crippen LogP contribution in [-0.4, -0.2) is 81.6 Å². The molecule has 6 atom stereocenters. The van der Waals surface area contributed by atoms with Crippen molar-refractivity contribution < 1.29 is 56.5 Å². The van der Waals surface area contributed by atoms with Gasteiger partial charge in [-0.15, -0.1) is 0 Å². The molecular formula is C23H26FN2O13P. The summed E-state index contributed by atoms with van der Waals surface area (Å²) in [7, 11) is -4.77. The summed E-state index contributed by atoms with van der Waals surface area (Å²) in [6.07, 6.45) is -4.14. The zero-order chi connectivity index (χ0) is 28.8. The van der Waals surface area contributed by atoms with Crippen LogP contribution in [0.25, 0.3) is 0 Å². The summed E-state index contributed by atoms with van der Waals surface area (Å²) >= 11 is 0. The molecule has 1 aromatic heterocycles. The number of rotatable bonds is 11. The highest BCUT2D eigenvalue weighted by molar-refractivity contribution is 7.48. The minimum Gasteiger partial charge on any atom is -0.426 e. The Hall–Kier alpha value is -2.95. The van der Waals surface area contributed by atoms with E-state index in [4.69, 9.17) is 32.5 Å². The molecule has 1 aromatic carbocycles. The van der Waals surface area contributed by atoms with Crippen LogP contribution in [0.4, 0.5) is 9.18 Å². The number of phosphoric ester groups is 1. The van der Waals surface area contributed by atoms with E-state index in [0.29, 0.717) is 5.56 Å². The van der Waals surface area contributed by atoms with Crippen molar-refractivity contribution in [2.75, 3.05) is 26.7 Å². The lowest BCUT2D eigenvalue weighted by molar-refractivity contribution is -0.168. The van der Waals surface area contributed by atoms with Gasteiger partial charge >= 0.3 is 19.7 Å². The maximum Gasteiger partial charge on any atom is 0.510 e. The number of alkyl halides is 1. The van der Waals surface area contributed by atoms with Gasteiger partial charge in [0, 0.05) is 12.3 Å². The monoisotopic (exact) mass is 588 g/mol. The second-order valence-corrected chi connectivity index (χ2v) is 11.2. The molecule has 2 aromatic rings. The quantitative estimate of drug-likeness (QED) is 0.187. The molecule has 0 spiro atoms. The van der Waals surface area contributed by atoms with E-state index in [0.717, 1.165) is 23.8 Å². The van der Waals surface area contributed by atoms with Crippen molar-refractivity contribution in [2.24, 2.45) is 0 Å². The third-order valence-corrected chi connectivity index (χ3v) is 8.30. The third kappa shape index (κ3) is 4.80. The van der Waals surface area contributed by atoms with Crippen LogP contribution in [0.15, 0.2) is 52.2 Å². The number of aromatic amines is 1. The van der Waals surface area contributed by atoms with Gasteiger partial charge in [-0.3, -0.25) is 23.4 Å². The van der Waals surface area contributed by atoms with E-state index in [1.165, 1.54) is 0 Å². The zero-order valence-corrected chi connectivity index (χ0v) is 21.9. The van der Waals surface area contributed by atoms with Gasteiger partial charge in [-0.25, -0.2) is 23.1 Å². The Morgan fingerprint density at radius 2 is 1.93 bits per heavy atom. The SMILES string of the molecule is C[C@]1(O)[C@H](n2ccc(=O)[nH]c2=O)O[C@]2(CF)C(OP(=O)(OCOC(=O)OC3COC3)OCc3ccccc3)[C@]12O. The predicted molar refractivity (Wildman–Crippen MR) is 128 cm³/mol. The number of benzene rings is 1. The molecule has 0 bridgehead atoms. The van der Waals surface area contributed by atoms with E-state index in [9.17, 15) is 33.6 Å². The molecule has 3 N–H and O–H groups in total. The average molecular weight is 588 g/mol. The molecule has 218 valence electrons. The van der Waals surface area contributed by atoms with Crippen molar-refractivity contribution in [3.05, 3.63) is 69.0 Å². The van der Waals surface area contributed by atoms with E-state index in [1.807, 2.05) is 4.98 Å². The Labute approximate surface area is 224 Å². The Morgan fingerprint density at radius 1 is 1.20 bits per heavy atom. The Morgan fingerprint density at radius 3 is 2.52 bits per heavy atom. The maximum absolute atomic E-state index is 14.5. The first-order valence-electron chi connectivity index (χ1n) is 12.0. The fraction of sp³-hybridized carbons (Fsp3) is 0.522. The minimum atomic E-state index is -4.77. The number of carbonyl (C=O) groups is 1. The topological polar surface area (TPSA) is 194 Å². The molecule has 40 heavy (non-hydrogen) atoms. The molecule has 1 saturated carbocycles. The summed E-state index contributed by atoms with van der Waals surface area (Å²) in [5.74, 6) is 0. The van der Waals surface area contributed by atoms with Gasteiger partial charge in [-0.05, 0) is 12.5 Å². The lowest BCUT2D eigenvalue weighted by Crippen LogP contribution is -2.51. The molecule has 15 nitrogen and oxygen atoms in total. The van der Waals surface area contributed by atoms with E-state index in [2.05, 4.69) is 0 Å². The van der Waals surface area contributed by atoms with Gasteiger partial charge in [0.1, 0.15) is 18.4 Å². The van der Waals surface area contributed by atoms with E-state index in [1.54, 1.807) is 30.3 Å². The fourth-order valence-electron chi connectivity index (χ4n) is 4.66. The van der Waals surface area contributed by atoms with Crippen LogP contribution in [0.1, 0.15) is 18.7 Å². The summed E-state index contributed by atoms with van der Waals surface area (Å²) in [5.41, 5.74) is -8.47. The molecule has 3 fully saturated rings. The number of fused-ring (bicyclic) bond motifs is 1. The number of aliphatic hydroxyl groups is 2.